The first-order valence-electron chi connectivity index (χ1n) is 10.0. The van der Waals surface area contributed by atoms with Gasteiger partial charge in [-0.3, -0.25) is 15.6 Å². The molecule has 11 heteroatoms. The summed E-state index contributed by atoms with van der Waals surface area (Å²) in [5.41, 5.74) is 6.86. The number of amides is 1. The molecule has 170 valence electrons. The number of nitrogens with zero attached hydrogens (tertiary/aromatic N) is 1. The van der Waals surface area contributed by atoms with Crippen molar-refractivity contribution >= 4 is 45.0 Å². The van der Waals surface area contributed by atoms with E-state index in [9.17, 15) is 25.2 Å². The van der Waals surface area contributed by atoms with E-state index in [2.05, 4.69) is 16.2 Å². The molecule has 0 bridgehead atoms. The summed E-state index contributed by atoms with van der Waals surface area (Å²) < 4.78 is 7.22. The first-order valence-corrected chi connectivity index (χ1v) is 10.4. The lowest BCUT2D eigenvalue weighted by atomic mass is 9.98. The van der Waals surface area contributed by atoms with Gasteiger partial charge < -0.3 is 35.0 Å². The molecule has 7 N–H and O–H groups in total. The van der Waals surface area contributed by atoms with Crippen molar-refractivity contribution in [1.29, 1.82) is 0 Å². The third kappa shape index (κ3) is 4.26. The van der Waals surface area contributed by atoms with Crippen LogP contribution in [-0.2, 0) is 16.1 Å². The number of aliphatic hydroxyl groups is 4. The van der Waals surface area contributed by atoms with Gasteiger partial charge in [0.1, 0.15) is 31.0 Å². The van der Waals surface area contributed by atoms with Crippen molar-refractivity contribution in [2.24, 2.45) is 0 Å². The van der Waals surface area contributed by atoms with Crippen molar-refractivity contribution in [3.05, 3.63) is 48.5 Å². The van der Waals surface area contributed by atoms with Crippen LogP contribution in [0.25, 0.3) is 21.8 Å². The number of thiocarbonyl (C=S) groups is 1. The van der Waals surface area contributed by atoms with Crippen molar-refractivity contribution < 1.29 is 30.0 Å². The minimum atomic E-state index is -1.54. The van der Waals surface area contributed by atoms with E-state index in [0.29, 0.717) is 0 Å². The van der Waals surface area contributed by atoms with Crippen LogP contribution in [0.1, 0.15) is 0 Å². The number of nitrogens with one attached hydrogen (secondary N) is 3. The SMILES string of the molecule is O=C(Cn1c2ccccc2c2ccccc21)NNC(=S)NC1OC(CO)C(O)C(O)C1O. The Labute approximate surface area is 188 Å². The number of carbonyl (C=O) groups excluding carboxylic acids is 1. The molecule has 0 spiro atoms. The van der Waals surface area contributed by atoms with Crippen LogP contribution >= 0.6 is 12.2 Å². The predicted molar refractivity (Wildman–Crippen MR) is 120 cm³/mol. The van der Waals surface area contributed by atoms with Crippen LogP contribution < -0.4 is 16.2 Å². The molecule has 0 saturated carbocycles. The van der Waals surface area contributed by atoms with Crippen LogP contribution in [0.5, 0.6) is 0 Å². The lowest BCUT2D eigenvalue weighted by Gasteiger charge is -2.40. The highest BCUT2D eigenvalue weighted by molar-refractivity contribution is 7.80. The monoisotopic (exact) mass is 460 g/mol. The zero-order valence-corrected chi connectivity index (χ0v) is 17.7. The molecular formula is C21H24N4O6S. The zero-order chi connectivity index (χ0) is 22.8. The van der Waals surface area contributed by atoms with Crippen LogP contribution in [-0.4, -0.2) is 73.3 Å². The molecule has 3 aromatic rings. The Kier molecular flexibility index (Phi) is 6.55. The third-order valence-corrected chi connectivity index (χ3v) is 5.68. The molecule has 1 aromatic heterocycles. The Morgan fingerprint density at radius 3 is 2.12 bits per heavy atom. The smallest absolute Gasteiger partial charge is 0.258 e. The van der Waals surface area contributed by atoms with Crippen LogP contribution in [0.4, 0.5) is 0 Å². The second-order valence-electron chi connectivity index (χ2n) is 7.52. The maximum Gasteiger partial charge on any atom is 0.258 e. The number of rotatable bonds is 4. The molecule has 5 unspecified atom stereocenters. The van der Waals surface area contributed by atoms with Crippen molar-refractivity contribution in [3.63, 3.8) is 0 Å². The summed E-state index contributed by atoms with van der Waals surface area (Å²) in [5, 5.41) is 43.6. The fourth-order valence-corrected chi connectivity index (χ4v) is 4.04. The Balaban J connectivity index is 1.39. The molecule has 1 aliphatic rings. The molecule has 0 radical (unpaired) electrons. The molecule has 2 heterocycles. The highest BCUT2D eigenvalue weighted by Crippen LogP contribution is 2.28. The fraction of sp³-hybridized carbons (Fsp3) is 0.333. The number of ether oxygens (including phenoxy) is 1. The molecule has 10 nitrogen and oxygen atoms in total. The Morgan fingerprint density at radius 2 is 1.53 bits per heavy atom. The summed E-state index contributed by atoms with van der Waals surface area (Å²) in [7, 11) is 0. The standard InChI is InChI=1S/C21H24N4O6S/c26-10-15-17(28)18(29)19(30)20(31-15)22-21(32)24-23-16(27)9-25-13-7-3-1-5-11(13)12-6-2-4-8-14(12)25/h1-8,15,17-20,26,28-30H,9-10H2,(H,23,27)(H2,22,24,32). The number of hydrogen-bond donors (Lipinski definition) is 7. The van der Waals surface area contributed by atoms with Crippen molar-refractivity contribution in [2.45, 2.75) is 37.2 Å². The summed E-state index contributed by atoms with van der Waals surface area (Å²) in [6, 6.07) is 15.6. The normalized spacial score (nSPS) is 25.6. The van der Waals surface area contributed by atoms with Gasteiger partial charge in [-0.1, -0.05) is 36.4 Å². The highest BCUT2D eigenvalue weighted by Gasteiger charge is 2.43. The largest absolute Gasteiger partial charge is 0.394 e. The Bertz CT molecular complexity index is 1080. The van der Waals surface area contributed by atoms with Crippen LogP contribution in [0, 0.1) is 0 Å². The maximum atomic E-state index is 12.6. The van der Waals surface area contributed by atoms with Gasteiger partial charge in [0.05, 0.1) is 6.61 Å². The number of benzene rings is 2. The van der Waals surface area contributed by atoms with Gasteiger partial charge in [-0.2, -0.15) is 0 Å². The Morgan fingerprint density at radius 1 is 0.938 bits per heavy atom. The van der Waals surface area contributed by atoms with Gasteiger partial charge in [0.25, 0.3) is 5.91 Å². The molecule has 1 aliphatic heterocycles. The molecule has 0 aliphatic carbocycles. The number of carbonyl (C=O) groups is 1. The van der Waals surface area contributed by atoms with E-state index < -0.39 is 37.3 Å². The van der Waals surface area contributed by atoms with E-state index in [1.807, 2.05) is 53.1 Å². The first-order chi connectivity index (χ1) is 15.4. The van der Waals surface area contributed by atoms with Crippen LogP contribution in [0.15, 0.2) is 48.5 Å². The summed E-state index contributed by atoms with van der Waals surface area (Å²) in [6.45, 7) is -0.525. The average Bonchev–Trinajstić information content (AvgIpc) is 3.12. The summed E-state index contributed by atoms with van der Waals surface area (Å²) in [4.78, 5) is 12.6. The van der Waals surface area contributed by atoms with E-state index in [0.717, 1.165) is 21.8 Å². The molecule has 1 saturated heterocycles. The van der Waals surface area contributed by atoms with E-state index in [-0.39, 0.29) is 17.6 Å². The quantitative estimate of drug-likeness (QED) is 0.194. The average molecular weight is 461 g/mol. The zero-order valence-electron chi connectivity index (χ0n) is 16.9. The van der Waals surface area contributed by atoms with Gasteiger partial charge in [0.2, 0.25) is 0 Å². The molecule has 1 amide bonds. The number of aliphatic hydroxyl groups excluding tert-OH is 4. The number of para-hydroxylation sites is 2. The Hall–Kier alpha value is -2.80. The first kappa shape index (κ1) is 22.4. The minimum absolute atomic E-state index is 0.0314. The fourth-order valence-electron chi connectivity index (χ4n) is 3.87. The van der Waals surface area contributed by atoms with Gasteiger partial charge in [-0.25, -0.2) is 0 Å². The topological polar surface area (TPSA) is 148 Å². The predicted octanol–water partition coefficient (Wildman–Crippen LogP) is -0.910. The number of hydrazine groups is 1. The summed E-state index contributed by atoms with van der Waals surface area (Å²) in [6.07, 6.45) is -6.77. The van der Waals surface area contributed by atoms with Gasteiger partial charge in [-0.05, 0) is 24.4 Å². The highest BCUT2D eigenvalue weighted by atomic mass is 32.1. The van der Waals surface area contributed by atoms with E-state index in [1.165, 1.54) is 0 Å². The minimum Gasteiger partial charge on any atom is -0.394 e. The molecule has 32 heavy (non-hydrogen) atoms. The molecule has 4 rings (SSSR count). The van der Waals surface area contributed by atoms with Crippen molar-refractivity contribution in [1.82, 2.24) is 20.7 Å². The second kappa shape index (κ2) is 9.36. The lowest BCUT2D eigenvalue weighted by molar-refractivity contribution is -0.232. The molecular weight excluding hydrogens is 436 g/mol. The maximum absolute atomic E-state index is 12.6. The van der Waals surface area contributed by atoms with Gasteiger partial charge >= 0.3 is 0 Å². The molecule has 5 atom stereocenters. The van der Waals surface area contributed by atoms with Gasteiger partial charge in [0.15, 0.2) is 11.3 Å². The summed E-state index contributed by atoms with van der Waals surface area (Å²) in [5.74, 6) is -0.366. The van der Waals surface area contributed by atoms with Gasteiger partial charge in [-0.15, -0.1) is 0 Å². The second-order valence-corrected chi connectivity index (χ2v) is 7.92. The van der Waals surface area contributed by atoms with Crippen LogP contribution in [0.3, 0.4) is 0 Å². The summed E-state index contributed by atoms with van der Waals surface area (Å²) >= 11 is 5.11. The van der Waals surface area contributed by atoms with Crippen molar-refractivity contribution in [2.75, 3.05) is 6.61 Å². The number of aromatic nitrogens is 1. The number of fused-ring (bicyclic) bond motifs is 3. The van der Waals surface area contributed by atoms with E-state index >= 15 is 0 Å². The van der Waals surface area contributed by atoms with E-state index in [4.69, 9.17) is 17.0 Å². The van der Waals surface area contributed by atoms with Gasteiger partial charge in [0, 0.05) is 21.8 Å². The molecule has 2 aromatic carbocycles. The third-order valence-electron chi connectivity index (χ3n) is 5.46. The number of hydrogen-bond acceptors (Lipinski definition) is 7. The van der Waals surface area contributed by atoms with E-state index in [1.54, 1.807) is 0 Å². The van der Waals surface area contributed by atoms with Crippen LogP contribution in [0.2, 0.25) is 0 Å². The lowest BCUT2D eigenvalue weighted by Crippen LogP contribution is -2.64. The van der Waals surface area contributed by atoms with Crippen molar-refractivity contribution in [3.8, 4) is 0 Å². The molecule has 1 fully saturated rings.